The molecule has 2 heterocycles. The van der Waals surface area contributed by atoms with Gasteiger partial charge < -0.3 is 15.2 Å². The van der Waals surface area contributed by atoms with Crippen LogP contribution in [0.1, 0.15) is 29.0 Å². The van der Waals surface area contributed by atoms with E-state index in [1.165, 1.54) is 28.9 Å². The van der Waals surface area contributed by atoms with E-state index in [0.29, 0.717) is 18.7 Å². The van der Waals surface area contributed by atoms with E-state index >= 15 is 0 Å². The van der Waals surface area contributed by atoms with Gasteiger partial charge in [-0.3, -0.25) is 14.4 Å². The van der Waals surface area contributed by atoms with Crippen LogP contribution in [-0.4, -0.2) is 45.5 Å². The Kier molecular flexibility index (Phi) is 5.04. The molecule has 1 fully saturated rings. The first-order valence-corrected chi connectivity index (χ1v) is 8.29. The number of aromatic nitrogens is 2. The van der Waals surface area contributed by atoms with Crippen molar-refractivity contribution in [2.45, 2.75) is 25.3 Å². The Morgan fingerprint density at radius 3 is 2.78 bits per heavy atom. The number of carboxylic acid groups (broad SMARTS) is 1. The Hall–Kier alpha value is -3.07. The van der Waals surface area contributed by atoms with Gasteiger partial charge in [-0.2, -0.15) is 5.10 Å². The molecule has 9 heteroatoms. The third-order valence-electron chi connectivity index (χ3n) is 4.37. The van der Waals surface area contributed by atoms with Crippen molar-refractivity contribution in [2.75, 3.05) is 13.2 Å². The molecule has 0 bridgehead atoms. The first kappa shape index (κ1) is 18.7. The molecule has 2 N–H and O–H groups in total. The molecule has 1 saturated heterocycles. The smallest absolute Gasteiger partial charge is 0.305 e. The average molecular weight is 375 g/mol. The Labute approximate surface area is 153 Å². The number of nitrogens with one attached hydrogen (secondary N) is 1. The van der Waals surface area contributed by atoms with Crippen LogP contribution in [0.5, 0.6) is 0 Å². The van der Waals surface area contributed by atoms with Crippen molar-refractivity contribution in [3.05, 3.63) is 57.8 Å². The van der Waals surface area contributed by atoms with Crippen molar-refractivity contribution in [1.29, 1.82) is 0 Å². The molecular weight excluding hydrogens is 357 g/mol. The number of aryl methyl sites for hydroxylation is 1. The zero-order valence-corrected chi connectivity index (χ0v) is 14.6. The summed E-state index contributed by atoms with van der Waals surface area (Å²) in [6, 6.07) is 7.02. The van der Waals surface area contributed by atoms with Gasteiger partial charge in [-0.1, -0.05) is 12.1 Å². The van der Waals surface area contributed by atoms with Gasteiger partial charge in [0.15, 0.2) is 5.69 Å². The van der Waals surface area contributed by atoms with Crippen LogP contribution in [0.2, 0.25) is 0 Å². The van der Waals surface area contributed by atoms with Crippen LogP contribution >= 0.6 is 0 Å². The van der Waals surface area contributed by atoms with Gasteiger partial charge in [0.2, 0.25) is 5.43 Å². The minimum atomic E-state index is -1.11. The number of carbonyl (C=O) groups excluding carboxylic acids is 1. The standard InChI is InChI=1S/C18H18FN3O5/c1-11-8-14(23)16(21-22(11)13-5-3-2-4-12(13)19)17(26)20-18(9-15(24)25)6-7-27-10-18/h2-5,8H,6-7,9-10H2,1H3,(H,20,26)(H,24,25). The average Bonchev–Trinajstić information content (AvgIpc) is 3.03. The van der Waals surface area contributed by atoms with E-state index in [1.807, 2.05) is 0 Å². The summed E-state index contributed by atoms with van der Waals surface area (Å²) in [5.74, 6) is -2.48. The highest BCUT2D eigenvalue weighted by molar-refractivity contribution is 5.93. The molecule has 142 valence electrons. The van der Waals surface area contributed by atoms with Gasteiger partial charge >= 0.3 is 5.97 Å². The molecule has 1 unspecified atom stereocenters. The number of nitrogens with zero attached hydrogens (tertiary/aromatic N) is 2. The molecule has 3 rings (SSSR count). The van der Waals surface area contributed by atoms with Gasteiger partial charge in [0.25, 0.3) is 5.91 Å². The molecule has 0 radical (unpaired) electrons. The number of para-hydroxylation sites is 1. The second-order valence-corrected chi connectivity index (χ2v) is 6.47. The summed E-state index contributed by atoms with van der Waals surface area (Å²) in [4.78, 5) is 36.1. The lowest BCUT2D eigenvalue weighted by Gasteiger charge is -2.26. The summed E-state index contributed by atoms with van der Waals surface area (Å²) in [7, 11) is 0. The van der Waals surface area contributed by atoms with E-state index in [1.54, 1.807) is 13.0 Å². The molecule has 0 spiro atoms. The van der Waals surface area contributed by atoms with Gasteiger partial charge in [0, 0.05) is 18.4 Å². The quantitative estimate of drug-likeness (QED) is 0.808. The Morgan fingerprint density at radius 2 is 2.15 bits per heavy atom. The number of carboxylic acids is 1. The number of rotatable bonds is 5. The van der Waals surface area contributed by atoms with Gasteiger partial charge in [-0.05, 0) is 25.5 Å². The van der Waals surface area contributed by atoms with E-state index in [0.717, 1.165) is 0 Å². The summed E-state index contributed by atoms with van der Waals surface area (Å²) >= 11 is 0. The van der Waals surface area contributed by atoms with E-state index in [-0.39, 0.29) is 18.7 Å². The highest BCUT2D eigenvalue weighted by atomic mass is 19.1. The fraction of sp³-hybridized carbons (Fsp3) is 0.333. The molecule has 0 aliphatic carbocycles. The molecular formula is C18H18FN3O5. The van der Waals surface area contributed by atoms with E-state index in [2.05, 4.69) is 10.4 Å². The van der Waals surface area contributed by atoms with Crippen molar-refractivity contribution < 1.29 is 23.8 Å². The second-order valence-electron chi connectivity index (χ2n) is 6.47. The van der Waals surface area contributed by atoms with Crippen molar-refractivity contribution in [3.63, 3.8) is 0 Å². The maximum absolute atomic E-state index is 14.1. The number of amides is 1. The lowest BCUT2D eigenvalue weighted by atomic mass is 9.94. The third kappa shape index (κ3) is 3.87. The minimum Gasteiger partial charge on any atom is -0.481 e. The molecule has 1 atom stereocenters. The van der Waals surface area contributed by atoms with E-state index in [4.69, 9.17) is 9.84 Å². The second kappa shape index (κ2) is 7.28. The normalized spacial score (nSPS) is 19.0. The molecule has 1 aliphatic heterocycles. The zero-order chi connectivity index (χ0) is 19.6. The maximum Gasteiger partial charge on any atom is 0.305 e. The van der Waals surface area contributed by atoms with Gasteiger partial charge in [0.1, 0.15) is 11.5 Å². The fourth-order valence-corrected chi connectivity index (χ4v) is 3.05. The lowest BCUT2D eigenvalue weighted by Crippen LogP contribution is -2.51. The molecule has 0 saturated carbocycles. The number of halogens is 1. The Balaban J connectivity index is 1.98. The third-order valence-corrected chi connectivity index (χ3v) is 4.37. The largest absolute Gasteiger partial charge is 0.481 e. The summed E-state index contributed by atoms with van der Waals surface area (Å²) in [6.45, 7) is 1.89. The Bertz CT molecular complexity index is 950. The highest BCUT2D eigenvalue weighted by Crippen LogP contribution is 2.23. The molecule has 1 amide bonds. The number of hydrogen-bond acceptors (Lipinski definition) is 5. The maximum atomic E-state index is 14.1. The molecule has 2 aromatic rings. The zero-order valence-electron chi connectivity index (χ0n) is 14.6. The first-order valence-electron chi connectivity index (χ1n) is 8.29. The van der Waals surface area contributed by atoms with E-state index in [9.17, 15) is 18.8 Å². The molecule has 8 nitrogen and oxygen atoms in total. The summed E-state index contributed by atoms with van der Waals surface area (Å²) < 4.78 is 20.5. The Morgan fingerprint density at radius 1 is 1.41 bits per heavy atom. The lowest BCUT2D eigenvalue weighted by molar-refractivity contribution is -0.138. The number of benzene rings is 1. The molecule has 1 aliphatic rings. The number of ether oxygens (including phenoxy) is 1. The van der Waals surface area contributed by atoms with Crippen LogP contribution in [0, 0.1) is 12.7 Å². The fourth-order valence-electron chi connectivity index (χ4n) is 3.05. The monoisotopic (exact) mass is 375 g/mol. The van der Waals surface area contributed by atoms with Crippen LogP contribution in [0.25, 0.3) is 5.69 Å². The SMILES string of the molecule is Cc1cc(=O)c(C(=O)NC2(CC(=O)O)CCOC2)nn1-c1ccccc1F. The predicted octanol–water partition coefficient (Wildman–Crippen LogP) is 1.04. The first-order chi connectivity index (χ1) is 12.8. The van der Waals surface area contributed by atoms with Crippen molar-refractivity contribution in [2.24, 2.45) is 0 Å². The van der Waals surface area contributed by atoms with Crippen molar-refractivity contribution in [3.8, 4) is 5.69 Å². The van der Waals surface area contributed by atoms with Gasteiger partial charge in [-0.25, -0.2) is 9.07 Å². The number of hydrogen-bond donors (Lipinski definition) is 2. The predicted molar refractivity (Wildman–Crippen MR) is 92.4 cm³/mol. The molecule has 1 aromatic heterocycles. The molecule has 27 heavy (non-hydrogen) atoms. The number of aliphatic carboxylic acids is 1. The van der Waals surface area contributed by atoms with Crippen LogP contribution in [0.15, 0.2) is 35.1 Å². The molecule has 1 aromatic carbocycles. The van der Waals surface area contributed by atoms with Crippen LogP contribution < -0.4 is 10.7 Å². The van der Waals surface area contributed by atoms with Crippen LogP contribution in [0.3, 0.4) is 0 Å². The van der Waals surface area contributed by atoms with Crippen LogP contribution in [-0.2, 0) is 9.53 Å². The van der Waals surface area contributed by atoms with Crippen molar-refractivity contribution >= 4 is 11.9 Å². The summed E-state index contributed by atoms with van der Waals surface area (Å²) in [5, 5.41) is 15.7. The van der Waals surface area contributed by atoms with Crippen molar-refractivity contribution in [1.82, 2.24) is 15.1 Å². The van der Waals surface area contributed by atoms with Gasteiger partial charge in [0.05, 0.1) is 18.6 Å². The number of carbonyl (C=O) groups is 2. The summed E-state index contributed by atoms with van der Waals surface area (Å²) in [5.41, 5.74) is -1.74. The minimum absolute atomic E-state index is 0.0262. The highest BCUT2D eigenvalue weighted by Gasteiger charge is 2.39. The van der Waals surface area contributed by atoms with Crippen LogP contribution in [0.4, 0.5) is 4.39 Å². The van der Waals surface area contributed by atoms with E-state index < -0.39 is 34.4 Å². The topological polar surface area (TPSA) is 111 Å². The van der Waals surface area contributed by atoms with Gasteiger partial charge in [-0.15, -0.1) is 0 Å². The summed E-state index contributed by atoms with van der Waals surface area (Å²) in [6.07, 6.45) is -0.0372.